The van der Waals surface area contributed by atoms with Crippen LogP contribution in [0.25, 0.3) is 0 Å². The van der Waals surface area contributed by atoms with E-state index >= 15 is 0 Å². The molecule has 0 bridgehead atoms. The van der Waals surface area contributed by atoms with E-state index in [0.717, 1.165) is 24.9 Å². The van der Waals surface area contributed by atoms with Crippen molar-refractivity contribution in [3.8, 4) is 0 Å². The van der Waals surface area contributed by atoms with Crippen LogP contribution in [0.15, 0.2) is 35.7 Å². The second-order valence-corrected chi connectivity index (χ2v) is 8.60. The summed E-state index contributed by atoms with van der Waals surface area (Å²) in [5, 5.41) is 17.6. The summed E-state index contributed by atoms with van der Waals surface area (Å²) in [5.74, 6) is 0.0482. The van der Waals surface area contributed by atoms with Gasteiger partial charge in [-0.1, -0.05) is 19.1 Å². The molecule has 0 saturated heterocycles. The number of nitrogens with zero attached hydrogens (tertiary/aromatic N) is 4. The maximum atomic E-state index is 13.2. The van der Waals surface area contributed by atoms with E-state index in [1.54, 1.807) is 29.9 Å². The first-order chi connectivity index (χ1) is 14.4. The Labute approximate surface area is 179 Å². The molecule has 30 heavy (non-hydrogen) atoms. The number of nitro groups is 1. The lowest BCUT2D eigenvalue weighted by Gasteiger charge is -2.35. The van der Waals surface area contributed by atoms with E-state index in [0.29, 0.717) is 23.5 Å². The first-order valence-electron chi connectivity index (χ1n) is 10.0. The molecule has 0 saturated carbocycles. The van der Waals surface area contributed by atoms with Crippen molar-refractivity contribution in [1.82, 2.24) is 14.7 Å². The molecule has 156 valence electrons. The maximum absolute atomic E-state index is 13.2. The average molecular weight is 425 g/mol. The van der Waals surface area contributed by atoms with Crippen molar-refractivity contribution in [2.24, 2.45) is 0 Å². The van der Waals surface area contributed by atoms with Crippen LogP contribution in [0.4, 0.5) is 5.69 Å². The third-order valence-corrected chi connectivity index (χ3v) is 6.80. The minimum Gasteiger partial charge on any atom is -0.331 e. The molecule has 0 fully saturated rings. The molecule has 8 heteroatoms. The normalized spacial score (nSPS) is 15.8. The predicted molar refractivity (Wildman–Crippen MR) is 116 cm³/mol. The van der Waals surface area contributed by atoms with Crippen LogP contribution in [0.1, 0.15) is 57.1 Å². The van der Waals surface area contributed by atoms with E-state index in [2.05, 4.69) is 23.5 Å². The van der Waals surface area contributed by atoms with Crippen molar-refractivity contribution in [3.63, 3.8) is 0 Å². The smallest absolute Gasteiger partial charge is 0.312 e. The predicted octanol–water partition coefficient (Wildman–Crippen LogP) is 4.67. The third kappa shape index (κ3) is 3.52. The van der Waals surface area contributed by atoms with Gasteiger partial charge in [-0.25, -0.2) is 0 Å². The van der Waals surface area contributed by atoms with Crippen molar-refractivity contribution in [3.05, 3.63) is 78.8 Å². The Morgan fingerprint density at radius 1 is 1.27 bits per heavy atom. The van der Waals surface area contributed by atoms with Crippen LogP contribution in [0.2, 0.25) is 0 Å². The molecular weight excluding hydrogens is 400 g/mol. The number of benzene rings is 1. The van der Waals surface area contributed by atoms with Gasteiger partial charge in [-0.05, 0) is 61.4 Å². The van der Waals surface area contributed by atoms with Crippen molar-refractivity contribution in [2.45, 2.75) is 46.2 Å². The molecule has 0 aliphatic carbocycles. The number of carbonyl (C=O) groups excluding carboxylic acids is 1. The van der Waals surface area contributed by atoms with Crippen LogP contribution >= 0.6 is 11.3 Å². The van der Waals surface area contributed by atoms with Gasteiger partial charge in [0.05, 0.1) is 17.5 Å². The third-order valence-electron chi connectivity index (χ3n) is 5.80. The lowest BCUT2D eigenvalue weighted by Crippen LogP contribution is -2.39. The SMILES string of the molecule is CCC1c2ccsc2CCN1C(=O)c1ccc(Cn2nc(C)c([N+](=O)[O-])c2C)cc1. The van der Waals surface area contributed by atoms with Crippen LogP contribution < -0.4 is 0 Å². The summed E-state index contributed by atoms with van der Waals surface area (Å²) < 4.78 is 1.64. The van der Waals surface area contributed by atoms with Crippen molar-refractivity contribution in [2.75, 3.05) is 6.54 Å². The number of rotatable bonds is 5. The molecule has 0 spiro atoms. The first-order valence-corrected chi connectivity index (χ1v) is 10.9. The highest BCUT2D eigenvalue weighted by molar-refractivity contribution is 7.10. The lowest BCUT2D eigenvalue weighted by atomic mass is 9.96. The number of thiophene rings is 1. The van der Waals surface area contributed by atoms with Crippen LogP contribution in [0, 0.1) is 24.0 Å². The number of aromatic nitrogens is 2. The Bertz CT molecular complexity index is 1100. The Balaban J connectivity index is 1.52. The van der Waals surface area contributed by atoms with Gasteiger partial charge in [0.25, 0.3) is 5.91 Å². The Kier molecular flexibility index (Phi) is 5.42. The summed E-state index contributed by atoms with van der Waals surface area (Å²) in [6.07, 6.45) is 1.80. The second kappa shape index (κ2) is 8.02. The summed E-state index contributed by atoms with van der Waals surface area (Å²) >= 11 is 1.77. The Morgan fingerprint density at radius 3 is 2.63 bits per heavy atom. The van der Waals surface area contributed by atoms with E-state index in [4.69, 9.17) is 0 Å². The number of hydrogen-bond donors (Lipinski definition) is 0. The summed E-state index contributed by atoms with van der Waals surface area (Å²) in [6, 6.07) is 9.75. The van der Waals surface area contributed by atoms with Crippen molar-refractivity contribution < 1.29 is 9.72 Å². The van der Waals surface area contributed by atoms with Gasteiger partial charge >= 0.3 is 5.69 Å². The molecule has 3 aromatic rings. The highest BCUT2D eigenvalue weighted by atomic mass is 32.1. The molecule has 7 nitrogen and oxygen atoms in total. The number of amides is 1. The fourth-order valence-corrected chi connectivity index (χ4v) is 5.21. The highest BCUT2D eigenvalue weighted by Crippen LogP contribution is 2.36. The van der Waals surface area contributed by atoms with E-state index in [9.17, 15) is 14.9 Å². The number of aryl methyl sites for hydroxylation is 1. The molecule has 2 aromatic heterocycles. The highest BCUT2D eigenvalue weighted by Gasteiger charge is 2.30. The summed E-state index contributed by atoms with van der Waals surface area (Å²) in [4.78, 5) is 27.4. The second-order valence-electron chi connectivity index (χ2n) is 7.60. The van der Waals surface area contributed by atoms with Crippen molar-refractivity contribution in [1.29, 1.82) is 0 Å². The molecule has 1 unspecified atom stereocenters. The quantitative estimate of drug-likeness (QED) is 0.440. The molecule has 3 heterocycles. The maximum Gasteiger partial charge on any atom is 0.312 e. The molecule has 1 aromatic carbocycles. The largest absolute Gasteiger partial charge is 0.331 e. The van der Waals surface area contributed by atoms with Gasteiger partial charge in [0.15, 0.2) is 0 Å². The van der Waals surface area contributed by atoms with Crippen LogP contribution in [0.5, 0.6) is 0 Å². The zero-order valence-corrected chi connectivity index (χ0v) is 18.1. The fraction of sp³-hybridized carbons (Fsp3) is 0.364. The van der Waals surface area contributed by atoms with Crippen LogP contribution in [-0.2, 0) is 13.0 Å². The molecule has 4 rings (SSSR count). The molecular formula is C22H24N4O3S. The van der Waals surface area contributed by atoms with E-state index < -0.39 is 4.92 Å². The standard InChI is InChI=1S/C22H24N4O3S/c1-4-19-18-10-12-30-20(18)9-11-24(19)22(27)17-7-5-16(6-8-17)13-25-15(3)21(26(28)29)14(2)23-25/h5-8,10,12,19H,4,9,11,13H2,1-3H3. The van der Waals surface area contributed by atoms with E-state index in [1.165, 1.54) is 10.4 Å². The van der Waals surface area contributed by atoms with Gasteiger partial charge in [-0.2, -0.15) is 5.10 Å². The molecule has 1 atom stereocenters. The number of carbonyl (C=O) groups is 1. The van der Waals surface area contributed by atoms with Crippen molar-refractivity contribution >= 4 is 22.9 Å². The average Bonchev–Trinajstić information content (AvgIpc) is 3.31. The Hall–Kier alpha value is -3.00. The Morgan fingerprint density at radius 2 is 2.00 bits per heavy atom. The molecule has 1 amide bonds. The van der Waals surface area contributed by atoms with Gasteiger partial charge in [0, 0.05) is 17.0 Å². The minimum atomic E-state index is -0.391. The summed E-state index contributed by atoms with van der Waals surface area (Å²) in [5.41, 5.74) is 3.89. The zero-order chi connectivity index (χ0) is 21.4. The molecule has 0 N–H and O–H groups in total. The summed E-state index contributed by atoms with van der Waals surface area (Å²) in [6.45, 7) is 6.63. The molecule has 1 aliphatic rings. The van der Waals surface area contributed by atoms with E-state index in [1.807, 2.05) is 29.2 Å². The van der Waals surface area contributed by atoms with Gasteiger partial charge in [0.2, 0.25) is 0 Å². The minimum absolute atomic E-state index is 0.0482. The van der Waals surface area contributed by atoms with Crippen LogP contribution in [-0.4, -0.2) is 32.1 Å². The molecule has 1 aliphatic heterocycles. The van der Waals surface area contributed by atoms with Gasteiger partial charge < -0.3 is 4.90 Å². The zero-order valence-electron chi connectivity index (χ0n) is 17.3. The lowest BCUT2D eigenvalue weighted by molar-refractivity contribution is -0.386. The number of hydrogen-bond acceptors (Lipinski definition) is 5. The fourth-order valence-electron chi connectivity index (χ4n) is 4.28. The molecule has 0 radical (unpaired) electrons. The topological polar surface area (TPSA) is 81.3 Å². The van der Waals surface area contributed by atoms with Crippen LogP contribution in [0.3, 0.4) is 0 Å². The first kappa shape index (κ1) is 20.3. The van der Waals surface area contributed by atoms with Gasteiger partial charge in [0.1, 0.15) is 11.4 Å². The summed E-state index contributed by atoms with van der Waals surface area (Å²) in [7, 11) is 0. The van der Waals surface area contributed by atoms with E-state index in [-0.39, 0.29) is 17.6 Å². The number of fused-ring (bicyclic) bond motifs is 1. The van der Waals surface area contributed by atoms with Gasteiger partial charge in [-0.15, -0.1) is 11.3 Å². The van der Waals surface area contributed by atoms with Gasteiger partial charge in [-0.3, -0.25) is 19.6 Å². The monoisotopic (exact) mass is 424 g/mol.